The number of carbonyl (C=O) groups is 3. The van der Waals surface area contributed by atoms with Gasteiger partial charge in [0.25, 0.3) is 11.8 Å². The molecule has 0 radical (unpaired) electrons. The number of pyridine rings is 1. The van der Waals surface area contributed by atoms with Crippen LogP contribution in [0.3, 0.4) is 0 Å². The number of nitrogen functional groups attached to an aromatic ring is 1. The number of nitrogens with two attached hydrogens (primary N) is 1. The number of benzene rings is 1. The first-order valence-corrected chi connectivity index (χ1v) is 7.40. The zero-order valence-electron chi connectivity index (χ0n) is 13.0. The number of rotatable bonds is 4. The van der Waals surface area contributed by atoms with E-state index in [0.717, 1.165) is 10.5 Å². The van der Waals surface area contributed by atoms with Crippen LogP contribution in [0, 0.1) is 0 Å². The highest BCUT2D eigenvalue weighted by atomic mass is 16.5. The number of ether oxygens (including phenoxy) is 1. The smallest absolute Gasteiger partial charge is 0.359 e. The molecule has 0 fully saturated rings. The highest BCUT2D eigenvalue weighted by Crippen LogP contribution is 2.30. The van der Waals surface area contributed by atoms with Crippen molar-refractivity contribution in [2.24, 2.45) is 0 Å². The number of carbonyl (C=O) groups excluding carboxylic acids is 3. The maximum Gasteiger partial charge on any atom is 0.359 e. The number of hydrogen-bond acceptors (Lipinski definition) is 6. The first-order valence-electron chi connectivity index (χ1n) is 7.40. The average molecular weight is 325 g/mol. The van der Waals surface area contributed by atoms with Crippen LogP contribution in [0.25, 0.3) is 0 Å². The van der Waals surface area contributed by atoms with Crippen LogP contribution in [0.1, 0.15) is 43.7 Å². The van der Waals surface area contributed by atoms with Crippen molar-refractivity contribution in [1.82, 2.24) is 9.88 Å². The van der Waals surface area contributed by atoms with Gasteiger partial charge in [-0.05, 0) is 12.5 Å². The molecule has 24 heavy (non-hydrogen) atoms. The summed E-state index contributed by atoms with van der Waals surface area (Å²) in [6.45, 7) is 1.93. The molecule has 1 aliphatic rings. The Morgan fingerprint density at radius 3 is 2.58 bits per heavy atom. The molecule has 0 aliphatic carbocycles. The molecule has 0 saturated heterocycles. The third kappa shape index (κ3) is 2.50. The fourth-order valence-corrected chi connectivity index (χ4v) is 2.56. The summed E-state index contributed by atoms with van der Waals surface area (Å²) >= 11 is 0. The summed E-state index contributed by atoms with van der Waals surface area (Å²) in [4.78, 5) is 41.9. The molecular weight excluding hydrogens is 310 g/mol. The van der Waals surface area contributed by atoms with Crippen LogP contribution in [0.2, 0.25) is 0 Å². The first kappa shape index (κ1) is 15.7. The molecule has 0 unspecified atom stereocenters. The summed E-state index contributed by atoms with van der Waals surface area (Å²) in [5, 5.41) is 0. The van der Waals surface area contributed by atoms with Crippen molar-refractivity contribution >= 4 is 23.5 Å². The van der Waals surface area contributed by atoms with Gasteiger partial charge in [-0.3, -0.25) is 14.5 Å². The second-order valence-electron chi connectivity index (χ2n) is 5.21. The van der Waals surface area contributed by atoms with Gasteiger partial charge in [0.15, 0.2) is 5.69 Å². The van der Waals surface area contributed by atoms with E-state index < -0.39 is 17.8 Å². The van der Waals surface area contributed by atoms with Crippen molar-refractivity contribution in [3.63, 3.8) is 0 Å². The van der Waals surface area contributed by atoms with E-state index in [-0.39, 0.29) is 35.7 Å². The number of imide groups is 1. The van der Waals surface area contributed by atoms with Crippen molar-refractivity contribution in [1.29, 1.82) is 0 Å². The molecule has 7 heteroatoms. The number of fused-ring (bicyclic) bond motifs is 1. The van der Waals surface area contributed by atoms with Gasteiger partial charge in [-0.25, -0.2) is 9.78 Å². The van der Waals surface area contributed by atoms with E-state index >= 15 is 0 Å². The van der Waals surface area contributed by atoms with Crippen LogP contribution in [0.5, 0.6) is 0 Å². The Kier molecular flexibility index (Phi) is 3.99. The molecule has 122 valence electrons. The number of anilines is 1. The van der Waals surface area contributed by atoms with Gasteiger partial charge in [0.05, 0.1) is 30.0 Å². The Morgan fingerprint density at radius 1 is 1.21 bits per heavy atom. The minimum absolute atomic E-state index is 0.00832. The molecular formula is C17H15N3O4. The van der Waals surface area contributed by atoms with Crippen LogP contribution in [-0.2, 0) is 11.3 Å². The molecule has 7 nitrogen and oxygen atoms in total. The van der Waals surface area contributed by atoms with Crippen LogP contribution in [0.15, 0.2) is 36.5 Å². The van der Waals surface area contributed by atoms with Crippen molar-refractivity contribution < 1.29 is 19.1 Å². The Morgan fingerprint density at radius 2 is 1.92 bits per heavy atom. The molecule has 0 atom stereocenters. The number of esters is 1. The van der Waals surface area contributed by atoms with E-state index in [2.05, 4.69) is 4.98 Å². The minimum atomic E-state index is -0.723. The van der Waals surface area contributed by atoms with Crippen LogP contribution >= 0.6 is 0 Å². The number of amides is 2. The molecule has 2 aromatic rings. The van der Waals surface area contributed by atoms with Crippen LogP contribution in [0.4, 0.5) is 5.69 Å². The summed E-state index contributed by atoms with van der Waals surface area (Å²) in [6, 6.07) is 9.12. The molecule has 3 rings (SSSR count). The lowest BCUT2D eigenvalue weighted by molar-refractivity contribution is 0.0520. The third-order valence-corrected chi connectivity index (χ3v) is 3.70. The Bertz CT molecular complexity index is 833. The molecule has 2 N–H and O–H groups in total. The summed E-state index contributed by atoms with van der Waals surface area (Å²) in [6.07, 6.45) is 1.20. The fraction of sp³-hybridized carbons (Fsp3) is 0.176. The molecule has 0 bridgehead atoms. The van der Waals surface area contributed by atoms with E-state index in [9.17, 15) is 14.4 Å². The monoisotopic (exact) mass is 325 g/mol. The molecule has 1 aromatic carbocycles. The summed E-state index contributed by atoms with van der Waals surface area (Å²) < 4.78 is 4.86. The molecule has 2 heterocycles. The van der Waals surface area contributed by atoms with E-state index in [1.807, 2.05) is 30.3 Å². The second kappa shape index (κ2) is 6.11. The average Bonchev–Trinajstić information content (AvgIpc) is 2.82. The van der Waals surface area contributed by atoms with Crippen molar-refractivity contribution in [2.45, 2.75) is 13.5 Å². The lowest BCUT2D eigenvalue weighted by Crippen LogP contribution is -2.29. The largest absolute Gasteiger partial charge is 0.461 e. The van der Waals surface area contributed by atoms with Gasteiger partial charge < -0.3 is 10.5 Å². The number of aromatic nitrogens is 1. The van der Waals surface area contributed by atoms with Gasteiger partial charge in [0, 0.05) is 6.20 Å². The highest BCUT2D eigenvalue weighted by Gasteiger charge is 2.39. The Labute approximate surface area is 138 Å². The van der Waals surface area contributed by atoms with Gasteiger partial charge in [-0.1, -0.05) is 30.3 Å². The molecule has 1 aromatic heterocycles. The van der Waals surface area contributed by atoms with Gasteiger partial charge >= 0.3 is 5.97 Å². The van der Waals surface area contributed by atoms with E-state index in [1.165, 1.54) is 6.20 Å². The predicted octanol–water partition coefficient (Wildman–Crippen LogP) is 1.64. The zero-order valence-corrected chi connectivity index (χ0v) is 13.0. The van der Waals surface area contributed by atoms with Crippen molar-refractivity contribution in [3.8, 4) is 0 Å². The predicted molar refractivity (Wildman–Crippen MR) is 85.3 cm³/mol. The number of hydrogen-bond donors (Lipinski definition) is 1. The topological polar surface area (TPSA) is 103 Å². The molecule has 2 amide bonds. The maximum atomic E-state index is 12.6. The van der Waals surface area contributed by atoms with Crippen LogP contribution in [-0.4, -0.2) is 34.3 Å². The van der Waals surface area contributed by atoms with Crippen molar-refractivity contribution in [2.75, 3.05) is 12.3 Å². The number of nitrogens with zero attached hydrogens (tertiary/aromatic N) is 2. The van der Waals surface area contributed by atoms with Crippen molar-refractivity contribution in [3.05, 3.63) is 58.9 Å². The van der Waals surface area contributed by atoms with Crippen LogP contribution < -0.4 is 5.73 Å². The van der Waals surface area contributed by atoms with Gasteiger partial charge in [0.2, 0.25) is 0 Å². The molecule has 0 saturated carbocycles. The van der Waals surface area contributed by atoms with E-state index in [0.29, 0.717) is 0 Å². The first-order chi connectivity index (χ1) is 11.5. The van der Waals surface area contributed by atoms with E-state index in [1.54, 1.807) is 6.92 Å². The molecule has 0 spiro atoms. The quantitative estimate of drug-likeness (QED) is 0.677. The standard InChI is InChI=1S/C17H15N3O4/c1-2-24-17(23)14-13(18)12-11(8-19-14)15(21)20(16(12)22)9-10-6-4-3-5-7-10/h3-8H,2,9,18H2,1H3. The SMILES string of the molecule is CCOC(=O)c1ncc2c(c1N)C(=O)N(Cc1ccccc1)C2=O. The lowest BCUT2D eigenvalue weighted by Gasteiger charge is -2.13. The summed E-state index contributed by atoms with van der Waals surface area (Å²) in [7, 11) is 0. The zero-order chi connectivity index (χ0) is 17.3. The normalized spacial score (nSPS) is 13.1. The Hall–Kier alpha value is -3.22. The highest BCUT2D eigenvalue weighted by molar-refractivity contribution is 6.24. The Balaban J connectivity index is 1.97. The second-order valence-corrected chi connectivity index (χ2v) is 5.21. The van der Waals surface area contributed by atoms with Gasteiger partial charge in [-0.2, -0.15) is 0 Å². The maximum absolute atomic E-state index is 12.6. The fourth-order valence-electron chi connectivity index (χ4n) is 2.56. The third-order valence-electron chi connectivity index (χ3n) is 3.70. The van der Waals surface area contributed by atoms with Gasteiger partial charge in [-0.15, -0.1) is 0 Å². The summed E-state index contributed by atoms with van der Waals surface area (Å²) in [5.41, 5.74) is 6.55. The molecule has 1 aliphatic heterocycles. The van der Waals surface area contributed by atoms with Gasteiger partial charge in [0.1, 0.15) is 0 Å². The summed E-state index contributed by atoms with van der Waals surface area (Å²) in [5.74, 6) is -1.74. The van der Waals surface area contributed by atoms with E-state index in [4.69, 9.17) is 10.5 Å². The lowest BCUT2D eigenvalue weighted by atomic mass is 10.1. The minimum Gasteiger partial charge on any atom is -0.461 e.